The van der Waals surface area contributed by atoms with Crippen LogP contribution >= 0.6 is 0 Å². The van der Waals surface area contributed by atoms with Crippen molar-refractivity contribution >= 4 is 6.09 Å². The van der Waals surface area contributed by atoms with Gasteiger partial charge in [-0.2, -0.15) is 13.2 Å². The van der Waals surface area contributed by atoms with Crippen LogP contribution in [0.4, 0.5) is 18.0 Å². The average Bonchev–Trinajstić information content (AvgIpc) is 3.06. The molecule has 1 saturated heterocycles. The Balaban J connectivity index is 1.56. The van der Waals surface area contributed by atoms with Crippen LogP contribution < -0.4 is 15.4 Å². The van der Waals surface area contributed by atoms with E-state index >= 15 is 0 Å². The minimum Gasteiger partial charge on any atom is -0.497 e. The number of β-amino-alcohol motifs (C(OH)–C–C–N with tert-alkyl or cyclic N) is 1. The van der Waals surface area contributed by atoms with Gasteiger partial charge in [-0.3, -0.25) is 4.98 Å². The number of alkyl halides is 3. The van der Waals surface area contributed by atoms with Gasteiger partial charge in [0.1, 0.15) is 23.7 Å². The maximum Gasteiger partial charge on any atom is 0.433 e. The molecule has 1 aliphatic heterocycles. The number of aromatic nitrogens is 1. The topological polar surface area (TPSA) is 92.7 Å². The lowest BCUT2D eigenvalue weighted by Crippen LogP contribution is -2.41. The van der Waals surface area contributed by atoms with Crippen LogP contribution in [0.25, 0.3) is 0 Å². The highest BCUT2D eigenvalue weighted by Crippen LogP contribution is 2.27. The molecule has 2 aromatic rings. The summed E-state index contributed by atoms with van der Waals surface area (Å²) >= 11 is 0. The third-order valence-electron chi connectivity index (χ3n) is 4.77. The molecule has 3 N–H and O–H groups in total. The van der Waals surface area contributed by atoms with Crippen LogP contribution in [0.2, 0.25) is 0 Å². The molecule has 0 aliphatic carbocycles. The van der Waals surface area contributed by atoms with E-state index in [2.05, 4.69) is 15.6 Å². The first-order chi connectivity index (χ1) is 14.3. The third-order valence-corrected chi connectivity index (χ3v) is 4.77. The van der Waals surface area contributed by atoms with Crippen molar-refractivity contribution in [3.05, 3.63) is 59.4 Å². The van der Waals surface area contributed by atoms with Gasteiger partial charge in [0.25, 0.3) is 0 Å². The molecule has 7 nitrogen and oxygen atoms in total. The number of halogens is 3. The molecule has 3 atom stereocenters. The Labute approximate surface area is 171 Å². The molecule has 3 rings (SSSR count). The largest absolute Gasteiger partial charge is 0.497 e. The Morgan fingerprint density at radius 2 is 2.00 bits per heavy atom. The van der Waals surface area contributed by atoms with Gasteiger partial charge in [-0.25, -0.2) is 4.79 Å². The summed E-state index contributed by atoms with van der Waals surface area (Å²) in [7, 11) is 1.57. The molecule has 1 fully saturated rings. The van der Waals surface area contributed by atoms with Crippen LogP contribution in [0, 0.1) is 0 Å². The van der Waals surface area contributed by atoms with Gasteiger partial charge in [0.2, 0.25) is 0 Å². The number of carbonyl (C=O) groups is 1. The predicted molar refractivity (Wildman–Crippen MR) is 101 cm³/mol. The van der Waals surface area contributed by atoms with Crippen molar-refractivity contribution in [2.24, 2.45) is 0 Å². The number of aliphatic hydroxyl groups is 1. The molecule has 0 bridgehead atoms. The number of alkyl carbamates (subject to hydrolysis) is 1. The summed E-state index contributed by atoms with van der Waals surface area (Å²) in [6, 6.07) is 9.30. The van der Waals surface area contributed by atoms with Crippen molar-refractivity contribution in [1.82, 2.24) is 15.6 Å². The van der Waals surface area contributed by atoms with E-state index in [4.69, 9.17) is 9.47 Å². The van der Waals surface area contributed by atoms with Crippen LogP contribution in [-0.4, -0.2) is 48.1 Å². The molecule has 0 radical (unpaired) electrons. The molecule has 10 heteroatoms. The highest BCUT2D eigenvalue weighted by Gasteiger charge is 2.38. The summed E-state index contributed by atoms with van der Waals surface area (Å²) in [5.41, 5.74) is 0.159. The van der Waals surface area contributed by atoms with E-state index in [9.17, 15) is 23.1 Å². The SMILES string of the molecule is COc1ccc(C[C@H]2NC[C@H](O)[C@H]2OC(=O)NCc2ccnc(C(F)(F)F)c2)cc1. The number of benzene rings is 1. The van der Waals surface area contributed by atoms with E-state index in [0.29, 0.717) is 6.42 Å². The van der Waals surface area contributed by atoms with Crippen LogP contribution in [-0.2, 0) is 23.9 Å². The van der Waals surface area contributed by atoms with Gasteiger partial charge < -0.3 is 25.2 Å². The van der Waals surface area contributed by atoms with Crippen molar-refractivity contribution in [2.75, 3.05) is 13.7 Å². The average molecular weight is 425 g/mol. The second-order valence-corrected chi connectivity index (χ2v) is 6.90. The normalized spacial score (nSPS) is 21.3. The Bertz CT molecular complexity index is 861. The molecule has 0 saturated carbocycles. The lowest BCUT2D eigenvalue weighted by Gasteiger charge is -2.22. The van der Waals surface area contributed by atoms with Crippen LogP contribution in [0.5, 0.6) is 5.75 Å². The Hall–Kier alpha value is -2.85. The molecule has 2 heterocycles. The van der Waals surface area contributed by atoms with Gasteiger partial charge in [-0.1, -0.05) is 12.1 Å². The van der Waals surface area contributed by atoms with Gasteiger partial charge in [0.15, 0.2) is 0 Å². The smallest absolute Gasteiger partial charge is 0.433 e. The van der Waals surface area contributed by atoms with E-state index in [0.717, 1.165) is 23.6 Å². The summed E-state index contributed by atoms with van der Waals surface area (Å²) in [5, 5.41) is 15.7. The van der Waals surface area contributed by atoms with Crippen molar-refractivity contribution in [3.63, 3.8) is 0 Å². The van der Waals surface area contributed by atoms with E-state index < -0.39 is 30.2 Å². The van der Waals surface area contributed by atoms with E-state index in [1.54, 1.807) is 7.11 Å². The van der Waals surface area contributed by atoms with Gasteiger partial charge >= 0.3 is 12.3 Å². The number of nitrogens with zero attached hydrogens (tertiary/aromatic N) is 1. The quantitative estimate of drug-likeness (QED) is 0.658. The molecular weight excluding hydrogens is 403 g/mol. The minimum atomic E-state index is -4.56. The molecular formula is C20H22F3N3O4. The monoisotopic (exact) mass is 425 g/mol. The first kappa shape index (κ1) is 21.8. The van der Waals surface area contributed by atoms with Gasteiger partial charge in [-0.15, -0.1) is 0 Å². The molecule has 1 aromatic heterocycles. The van der Waals surface area contributed by atoms with Crippen molar-refractivity contribution < 1.29 is 32.5 Å². The number of pyridine rings is 1. The molecule has 30 heavy (non-hydrogen) atoms. The number of amides is 1. The number of nitrogens with one attached hydrogen (secondary N) is 2. The van der Waals surface area contributed by atoms with Crippen LogP contribution in [0.3, 0.4) is 0 Å². The summed E-state index contributed by atoms with van der Waals surface area (Å²) in [4.78, 5) is 15.4. The lowest BCUT2D eigenvalue weighted by molar-refractivity contribution is -0.141. The van der Waals surface area contributed by atoms with Crippen molar-refractivity contribution in [3.8, 4) is 5.75 Å². The molecule has 0 spiro atoms. The Morgan fingerprint density at radius 3 is 2.67 bits per heavy atom. The lowest BCUT2D eigenvalue weighted by atomic mass is 10.0. The van der Waals surface area contributed by atoms with E-state index in [1.807, 2.05) is 24.3 Å². The fraction of sp³-hybridized carbons (Fsp3) is 0.400. The molecule has 0 unspecified atom stereocenters. The van der Waals surface area contributed by atoms with Gasteiger partial charge in [0, 0.05) is 19.3 Å². The zero-order valence-corrected chi connectivity index (χ0v) is 16.1. The van der Waals surface area contributed by atoms with E-state index in [1.165, 1.54) is 6.07 Å². The number of hydrogen-bond donors (Lipinski definition) is 3. The van der Waals surface area contributed by atoms with Gasteiger partial charge in [-0.05, 0) is 41.8 Å². The number of ether oxygens (including phenoxy) is 2. The molecule has 1 aromatic carbocycles. The number of aliphatic hydroxyl groups excluding tert-OH is 1. The third kappa shape index (κ3) is 5.61. The molecule has 1 amide bonds. The summed E-state index contributed by atoms with van der Waals surface area (Å²) in [6.07, 6.45) is -5.54. The highest BCUT2D eigenvalue weighted by molar-refractivity contribution is 5.67. The van der Waals surface area contributed by atoms with Gasteiger partial charge in [0.05, 0.1) is 13.2 Å². The Kier molecular flexibility index (Phi) is 6.78. The van der Waals surface area contributed by atoms with Crippen molar-refractivity contribution in [2.45, 2.75) is 37.4 Å². The summed E-state index contributed by atoms with van der Waals surface area (Å²) < 4.78 is 48.7. The van der Waals surface area contributed by atoms with Crippen molar-refractivity contribution in [1.29, 1.82) is 0 Å². The second-order valence-electron chi connectivity index (χ2n) is 6.90. The second kappa shape index (κ2) is 9.31. The zero-order chi connectivity index (χ0) is 21.7. The fourth-order valence-corrected chi connectivity index (χ4v) is 3.22. The summed E-state index contributed by atoms with van der Waals surface area (Å²) in [6.45, 7) is 0.0991. The minimum absolute atomic E-state index is 0.163. The first-order valence-electron chi connectivity index (χ1n) is 9.27. The number of methoxy groups -OCH3 is 1. The summed E-state index contributed by atoms with van der Waals surface area (Å²) in [5.74, 6) is 0.718. The first-order valence-corrected chi connectivity index (χ1v) is 9.27. The standard InChI is InChI=1S/C20H22F3N3O4/c1-29-14-4-2-12(3-5-14)8-15-18(16(27)11-25-15)30-19(28)26-10-13-6-7-24-17(9-13)20(21,22)23/h2-7,9,15-16,18,25,27H,8,10-11H2,1H3,(H,26,28)/t15-,16+,18+/m1/s1. The number of hydrogen-bond acceptors (Lipinski definition) is 6. The molecule has 162 valence electrons. The Morgan fingerprint density at radius 1 is 1.27 bits per heavy atom. The van der Waals surface area contributed by atoms with Crippen LogP contribution in [0.15, 0.2) is 42.6 Å². The zero-order valence-electron chi connectivity index (χ0n) is 16.1. The molecule has 1 aliphatic rings. The number of rotatable bonds is 6. The maximum atomic E-state index is 12.7. The maximum absolute atomic E-state index is 12.7. The fourth-order valence-electron chi connectivity index (χ4n) is 3.22. The highest BCUT2D eigenvalue weighted by atomic mass is 19.4. The predicted octanol–water partition coefficient (Wildman–Crippen LogP) is 2.28. The van der Waals surface area contributed by atoms with Crippen LogP contribution in [0.1, 0.15) is 16.8 Å². The van der Waals surface area contributed by atoms with E-state index in [-0.39, 0.29) is 24.7 Å². The number of carbonyl (C=O) groups excluding carboxylic acids is 1.